The van der Waals surface area contributed by atoms with Crippen molar-refractivity contribution < 1.29 is 0 Å². The molecule has 88 valence electrons. The van der Waals surface area contributed by atoms with Gasteiger partial charge in [-0.3, -0.25) is 0 Å². The van der Waals surface area contributed by atoms with Crippen LogP contribution in [0, 0.1) is 0 Å². The third-order valence-corrected chi connectivity index (χ3v) is 6.95. The molecule has 0 aromatic rings. The molecule has 0 aliphatic carbocycles. The molecule has 0 aromatic heterocycles. The second kappa shape index (κ2) is 11.0. The van der Waals surface area contributed by atoms with Crippen LogP contribution in [-0.4, -0.2) is 10.5 Å². The predicted octanol–water partition coefficient (Wildman–Crippen LogP) is 5.73. The van der Waals surface area contributed by atoms with E-state index in [2.05, 4.69) is 52.0 Å². The Balaban J connectivity index is 3.74. The van der Waals surface area contributed by atoms with Gasteiger partial charge in [-0.05, 0) is 36.5 Å². The van der Waals surface area contributed by atoms with Crippen molar-refractivity contribution in [1.82, 2.24) is 0 Å². The first-order valence-electron chi connectivity index (χ1n) is 5.52. The zero-order valence-corrected chi connectivity index (χ0v) is 12.6. The number of hydrogen-bond acceptors (Lipinski definition) is 3. The van der Waals surface area contributed by atoms with Crippen LogP contribution in [0.3, 0.4) is 0 Å². The summed E-state index contributed by atoms with van der Waals surface area (Å²) >= 11 is 0. The molecule has 0 amide bonds. The first kappa shape index (κ1) is 15.5. The molecule has 3 heteroatoms. The van der Waals surface area contributed by atoms with E-state index in [4.69, 9.17) is 0 Å². The maximum atomic E-state index is 2.29. The molecule has 0 N–H and O–H groups in total. The Bertz CT molecular complexity index is 167. The molecule has 0 radical (unpaired) electrons. The zero-order valence-electron chi connectivity index (χ0n) is 10.1. The molecule has 0 heterocycles. The lowest BCUT2D eigenvalue weighted by Crippen LogP contribution is -1.94. The molecule has 0 saturated carbocycles. The Morgan fingerprint density at radius 1 is 0.867 bits per heavy atom. The van der Waals surface area contributed by atoms with Gasteiger partial charge in [0.15, 0.2) is 0 Å². The molecular weight excluding hydrogens is 240 g/mol. The van der Waals surface area contributed by atoms with Gasteiger partial charge in [0.2, 0.25) is 0 Å². The summed E-state index contributed by atoms with van der Waals surface area (Å²) in [6.07, 6.45) is 11.3. The third kappa shape index (κ3) is 8.35. The number of hydrogen-bond donors (Lipinski definition) is 0. The Labute approximate surface area is 107 Å². The van der Waals surface area contributed by atoms with Crippen molar-refractivity contribution in [3.05, 3.63) is 24.3 Å². The smallest absolute Gasteiger partial charge is 0.0336 e. The maximum absolute atomic E-state index is 2.29. The maximum Gasteiger partial charge on any atom is 0.0336 e. The molecule has 0 nitrogen and oxygen atoms in total. The highest BCUT2D eigenvalue weighted by Crippen LogP contribution is 2.42. The molecule has 0 spiro atoms. The summed E-state index contributed by atoms with van der Waals surface area (Å²) in [5.41, 5.74) is 0. The van der Waals surface area contributed by atoms with Crippen molar-refractivity contribution in [3.63, 3.8) is 0 Å². The average molecular weight is 263 g/mol. The van der Waals surface area contributed by atoms with E-state index in [1.165, 1.54) is 12.8 Å². The number of rotatable bonds is 8. The van der Waals surface area contributed by atoms with Crippen LogP contribution >= 0.6 is 31.4 Å². The van der Waals surface area contributed by atoms with E-state index in [0.717, 1.165) is 0 Å². The summed E-state index contributed by atoms with van der Waals surface area (Å²) in [7, 11) is 5.88. The van der Waals surface area contributed by atoms with E-state index in [1.807, 2.05) is 31.4 Å². The zero-order chi connectivity index (χ0) is 11.5. The van der Waals surface area contributed by atoms with Crippen LogP contribution in [0.15, 0.2) is 24.3 Å². The molecule has 0 fully saturated rings. The Morgan fingerprint density at radius 2 is 1.27 bits per heavy atom. The fourth-order valence-corrected chi connectivity index (χ4v) is 6.15. The lowest BCUT2D eigenvalue weighted by atomic mass is 10.3. The number of allylic oxidation sites excluding steroid dienone is 2. The van der Waals surface area contributed by atoms with Gasteiger partial charge in [0.25, 0.3) is 0 Å². The lowest BCUT2D eigenvalue weighted by Gasteiger charge is -2.11. The molecule has 15 heavy (non-hydrogen) atoms. The molecule has 0 aliphatic rings. The highest BCUT2D eigenvalue weighted by molar-refractivity contribution is 9.09. The van der Waals surface area contributed by atoms with Crippen molar-refractivity contribution in [1.29, 1.82) is 0 Å². The topological polar surface area (TPSA) is 0 Å². The van der Waals surface area contributed by atoms with Gasteiger partial charge in [0.05, 0.1) is 0 Å². The van der Waals surface area contributed by atoms with Crippen LogP contribution in [0.25, 0.3) is 0 Å². The fourth-order valence-electron chi connectivity index (χ4n) is 1.03. The van der Waals surface area contributed by atoms with Crippen molar-refractivity contribution in [3.8, 4) is 0 Å². The van der Waals surface area contributed by atoms with Crippen LogP contribution in [0.5, 0.6) is 0 Å². The van der Waals surface area contributed by atoms with E-state index in [-0.39, 0.29) is 0 Å². The summed E-state index contributed by atoms with van der Waals surface area (Å²) < 4.78 is 0. The third-order valence-electron chi connectivity index (χ3n) is 1.94. The largest absolute Gasteiger partial charge is 0.0905 e. The monoisotopic (exact) mass is 262 g/mol. The second-order valence-corrected chi connectivity index (χ2v) is 7.73. The molecule has 0 rings (SSSR count). The molecular formula is C12H22S3. The quantitative estimate of drug-likeness (QED) is 0.405. The first-order chi connectivity index (χ1) is 7.28. The Morgan fingerprint density at radius 3 is 1.53 bits per heavy atom. The van der Waals surface area contributed by atoms with Crippen molar-refractivity contribution >= 4 is 31.4 Å². The van der Waals surface area contributed by atoms with Crippen molar-refractivity contribution in [2.75, 3.05) is 0 Å². The van der Waals surface area contributed by atoms with Crippen LogP contribution in [0.2, 0.25) is 0 Å². The average Bonchev–Trinajstić information content (AvgIpc) is 2.26. The van der Waals surface area contributed by atoms with E-state index < -0.39 is 0 Å². The highest BCUT2D eigenvalue weighted by atomic mass is 33.5. The van der Waals surface area contributed by atoms with E-state index in [9.17, 15) is 0 Å². The minimum atomic E-state index is 0.663. The van der Waals surface area contributed by atoms with Gasteiger partial charge < -0.3 is 0 Å². The van der Waals surface area contributed by atoms with Gasteiger partial charge in [0.1, 0.15) is 0 Å². The standard InChI is InChI=1S/C12H22S3/c1-5-9-11(7-3)13-15-14-12(8-4)10-6-2/h5-6,9-12H,7-8H2,1-4H3. The van der Waals surface area contributed by atoms with Gasteiger partial charge in [0, 0.05) is 10.5 Å². The van der Waals surface area contributed by atoms with Gasteiger partial charge in [-0.15, -0.1) is 0 Å². The lowest BCUT2D eigenvalue weighted by molar-refractivity contribution is 0.980. The van der Waals surface area contributed by atoms with Gasteiger partial charge >= 0.3 is 0 Å². The van der Waals surface area contributed by atoms with E-state index >= 15 is 0 Å². The summed E-state index contributed by atoms with van der Waals surface area (Å²) in [4.78, 5) is 0. The highest BCUT2D eigenvalue weighted by Gasteiger charge is 2.06. The van der Waals surface area contributed by atoms with Gasteiger partial charge in [-0.1, -0.05) is 59.7 Å². The van der Waals surface area contributed by atoms with Crippen molar-refractivity contribution in [2.45, 2.75) is 51.0 Å². The summed E-state index contributed by atoms with van der Waals surface area (Å²) in [5, 5.41) is 1.33. The predicted molar refractivity (Wildman–Crippen MR) is 80.6 cm³/mol. The molecule has 0 aliphatic heterocycles. The second-order valence-electron chi connectivity index (χ2n) is 3.21. The molecule has 0 saturated heterocycles. The summed E-state index contributed by atoms with van der Waals surface area (Å²) in [5.74, 6) is 0. The van der Waals surface area contributed by atoms with Gasteiger partial charge in [-0.2, -0.15) is 0 Å². The Hall–Kier alpha value is 0.530. The fraction of sp³-hybridized carbons (Fsp3) is 0.667. The van der Waals surface area contributed by atoms with Crippen LogP contribution in [0.4, 0.5) is 0 Å². The van der Waals surface area contributed by atoms with Crippen LogP contribution in [-0.2, 0) is 0 Å². The molecule has 2 atom stereocenters. The molecule has 2 unspecified atom stereocenters. The first-order valence-corrected chi connectivity index (χ1v) is 9.13. The summed E-state index contributed by atoms with van der Waals surface area (Å²) in [6.45, 7) is 8.67. The van der Waals surface area contributed by atoms with E-state index in [1.54, 1.807) is 0 Å². The van der Waals surface area contributed by atoms with Crippen molar-refractivity contribution in [2.24, 2.45) is 0 Å². The van der Waals surface area contributed by atoms with Crippen LogP contribution < -0.4 is 0 Å². The minimum absolute atomic E-state index is 0.663. The SMILES string of the molecule is CC=CC(CC)SSSC(C=CC)CC. The van der Waals surface area contributed by atoms with E-state index in [0.29, 0.717) is 10.5 Å². The van der Waals surface area contributed by atoms with Crippen LogP contribution in [0.1, 0.15) is 40.5 Å². The normalized spacial score (nSPS) is 16.3. The van der Waals surface area contributed by atoms with Gasteiger partial charge in [-0.25, -0.2) is 0 Å². The minimum Gasteiger partial charge on any atom is -0.0905 e. The molecule has 0 bridgehead atoms. The Kier molecular flexibility index (Phi) is 11.4. The molecule has 0 aromatic carbocycles. The summed E-state index contributed by atoms with van der Waals surface area (Å²) in [6, 6.07) is 0.